The Morgan fingerprint density at radius 3 is 2.52 bits per heavy atom. The molecule has 0 aliphatic rings. The maximum atomic E-state index is 12.9. The summed E-state index contributed by atoms with van der Waals surface area (Å²) in [5.41, 5.74) is 1.42. The van der Waals surface area contributed by atoms with Crippen molar-refractivity contribution >= 4 is 57.5 Å². The van der Waals surface area contributed by atoms with E-state index in [9.17, 15) is 14.4 Å². The van der Waals surface area contributed by atoms with Crippen molar-refractivity contribution in [1.29, 1.82) is 0 Å². The molecule has 0 fully saturated rings. The maximum Gasteiger partial charge on any atom is 0.348 e. The van der Waals surface area contributed by atoms with Crippen LogP contribution in [0.25, 0.3) is 0 Å². The van der Waals surface area contributed by atoms with Crippen LogP contribution in [0.1, 0.15) is 63.9 Å². The molecule has 1 N–H and O–H groups in total. The number of hydrogen-bond donors (Lipinski definition) is 1. The van der Waals surface area contributed by atoms with Crippen LogP contribution < -0.4 is 10.1 Å². The van der Waals surface area contributed by atoms with Gasteiger partial charge in [-0.25, -0.2) is 9.59 Å². The molecule has 214 valence electrons. The first kappa shape index (κ1) is 31.2. The average Bonchev–Trinajstić information content (AvgIpc) is 3.45. The lowest BCUT2D eigenvalue weighted by molar-refractivity contribution is -0.113. The number of amides is 1. The average molecular weight is 607 g/mol. The Kier molecular flexibility index (Phi) is 11.2. The molecule has 0 bridgehead atoms. The number of thioether (sulfide) groups is 1. The van der Waals surface area contributed by atoms with Crippen LogP contribution in [0.2, 0.25) is 5.02 Å². The molecule has 3 rings (SSSR count). The summed E-state index contributed by atoms with van der Waals surface area (Å²) in [6.45, 7) is 13.3. The lowest BCUT2D eigenvalue weighted by Crippen LogP contribution is -2.17. The first-order valence-corrected chi connectivity index (χ1v) is 14.7. The summed E-state index contributed by atoms with van der Waals surface area (Å²) in [5.74, 6) is -0.428. The second kappa shape index (κ2) is 14.3. The number of rotatable bonds is 13. The summed E-state index contributed by atoms with van der Waals surface area (Å²) in [6.07, 6.45) is 1.26. The summed E-state index contributed by atoms with van der Waals surface area (Å²) >= 11 is 8.26. The highest BCUT2D eigenvalue weighted by molar-refractivity contribution is 7.99. The number of benzene rings is 1. The zero-order valence-corrected chi connectivity index (χ0v) is 25.3. The number of nitrogens with one attached hydrogen (secondary N) is 1. The summed E-state index contributed by atoms with van der Waals surface area (Å²) in [5, 5.41) is 12.6. The van der Waals surface area contributed by atoms with Crippen molar-refractivity contribution in [3.8, 4) is 5.75 Å². The van der Waals surface area contributed by atoms with E-state index in [0.717, 1.165) is 16.9 Å². The van der Waals surface area contributed by atoms with Crippen LogP contribution in [0.15, 0.2) is 36.0 Å². The smallest absolute Gasteiger partial charge is 0.348 e. The first-order chi connectivity index (χ1) is 19.1. The van der Waals surface area contributed by atoms with E-state index < -0.39 is 23.9 Å². The highest BCUT2D eigenvalue weighted by Crippen LogP contribution is 2.35. The summed E-state index contributed by atoms with van der Waals surface area (Å²) in [4.78, 5) is 38.2. The Morgan fingerprint density at radius 2 is 1.88 bits per heavy atom. The molecule has 0 aliphatic carbocycles. The molecule has 40 heavy (non-hydrogen) atoms. The van der Waals surface area contributed by atoms with Gasteiger partial charge in [0.15, 0.2) is 17.1 Å². The summed E-state index contributed by atoms with van der Waals surface area (Å²) < 4.78 is 18.1. The van der Waals surface area contributed by atoms with Gasteiger partial charge in [0.25, 0.3) is 0 Å². The number of carbonyl (C=O) groups is 3. The van der Waals surface area contributed by atoms with Gasteiger partial charge in [-0.05, 0) is 63.9 Å². The van der Waals surface area contributed by atoms with Gasteiger partial charge in [0.05, 0.1) is 24.5 Å². The predicted molar refractivity (Wildman–Crippen MR) is 156 cm³/mol. The Bertz CT molecular complexity index is 1400. The van der Waals surface area contributed by atoms with Crippen molar-refractivity contribution in [2.45, 2.75) is 52.4 Å². The van der Waals surface area contributed by atoms with Crippen LogP contribution in [0.5, 0.6) is 5.75 Å². The minimum Gasteiger partial charge on any atom is -0.483 e. The molecule has 2 aromatic heterocycles. The minimum absolute atomic E-state index is 0.0329. The van der Waals surface area contributed by atoms with Gasteiger partial charge >= 0.3 is 11.9 Å². The number of esters is 2. The molecule has 0 aliphatic heterocycles. The number of anilines is 1. The van der Waals surface area contributed by atoms with Crippen molar-refractivity contribution in [2.24, 2.45) is 0 Å². The van der Waals surface area contributed by atoms with Gasteiger partial charge in [0.1, 0.15) is 15.6 Å². The molecule has 1 unspecified atom stereocenters. The molecule has 0 saturated carbocycles. The molecular formula is C27H31ClN4O6S2. The molecule has 2 heterocycles. The van der Waals surface area contributed by atoms with E-state index in [0.29, 0.717) is 33.9 Å². The van der Waals surface area contributed by atoms with Crippen LogP contribution >= 0.6 is 34.7 Å². The van der Waals surface area contributed by atoms with E-state index in [4.69, 9.17) is 25.8 Å². The maximum absolute atomic E-state index is 12.9. The molecule has 0 spiro atoms. The zero-order valence-electron chi connectivity index (χ0n) is 22.9. The van der Waals surface area contributed by atoms with Crippen LogP contribution in [-0.2, 0) is 20.8 Å². The Labute approximate surface area is 246 Å². The molecule has 3 aromatic rings. The molecule has 1 aromatic carbocycles. The number of thiophene rings is 1. The van der Waals surface area contributed by atoms with Gasteiger partial charge in [-0.15, -0.1) is 28.1 Å². The number of aryl methyl sites for hydroxylation is 1. The van der Waals surface area contributed by atoms with E-state index in [-0.39, 0.29) is 34.4 Å². The minimum atomic E-state index is -0.630. The third-order valence-electron chi connectivity index (χ3n) is 5.54. The van der Waals surface area contributed by atoms with Crippen molar-refractivity contribution in [1.82, 2.24) is 14.8 Å². The Morgan fingerprint density at radius 1 is 1.18 bits per heavy atom. The molecular weight excluding hydrogens is 576 g/mol. The van der Waals surface area contributed by atoms with Gasteiger partial charge in [0, 0.05) is 11.6 Å². The van der Waals surface area contributed by atoms with Crippen LogP contribution in [0.4, 0.5) is 5.00 Å². The molecule has 10 nitrogen and oxygen atoms in total. The SMILES string of the molecule is C=CCn1c(SCC(=O)Nc2sc(C(=O)OCC)c(C)c2C(=O)OCC)nnc1C(C)Oc1ccc(Cl)c(C)c1. The van der Waals surface area contributed by atoms with Crippen molar-refractivity contribution in [2.75, 3.05) is 24.3 Å². The van der Waals surface area contributed by atoms with E-state index in [2.05, 4.69) is 22.1 Å². The van der Waals surface area contributed by atoms with Gasteiger partial charge in [-0.2, -0.15) is 0 Å². The fourth-order valence-corrected chi connectivity index (χ4v) is 5.67. The van der Waals surface area contributed by atoms with Crippen molar-refractivity contribution in [3.63, 3.8) is 0 Å². The van der Waals surface area contributed by atoms with E-state index in [1.165, 1.54) is 11.8 Å². The van der Waals surface area contributed by atoms with Gasteiger partial charge in [-0.1, -0.05) is 29.4 Å². The predicted octanol–water partition coefficient (Wildman–Crippen LogP) is 6.02. The number of ether oxygens (including phenoxy) is 3. The number of aromatic nitrogens is 3. The molecule has 1 atom stereocenters. The summed E-state index contributed by atoms with van der Waals surface area (Å²) in [6, 6.07) is 5.40. The Hall–Kier alpha value is -3.35. The van der Waals surface area contributed by atoms with Crippen LogP contribution in [0.3, 0.4) is 0 Å². The van der Waals surface area contributed by atoms with Gasteiger partial charge in [-0.3, -0.25) is 9.36 Å². The topological polar surface area (TPSA) is 122 Å². The zero-order chi connectivity index (χ0) is 29.4. The van der Waals surface area contributed by atoms with E-state index in [1.54, 1.807) is 39.0 Å². The molecule has 1 amide bonds. The Balaban J connectivity index is 1.76. The number of carbonyl (C=O) groups excluding carboxylic acids is 3. The van der Waals surface area contributed by atoms with Crippen LogP contribution in [0, 0.1) is 13.8 Å². The van der Waals surface area contributed by atoms with Gasteiger partial charge < -0.3 is 19.5 Å². The largest absolute Gasteiger partial charge is 0.483 e. The standard InChI is InChI=1S/C27H31ClN4O6S2/c1-7-12-32-23(17(6)38-18-10-11-19(28)15(4)13-18)30-31-27(32)39-14-20(33)29-24-21(25(34)36-8-2)16(5)22(40-24)26(35)37-9-3/h7,10-11,13,17H,1,8-9,12,14H2,2-6H3,(H,29,33). The highest BCUT2D eigenvalue weighted by atomic mass is 35.5. The first-order valence-electron chi connectivity index (χ1n) is 12.5. The second-order valence-electron chi connectivity index (χ2n) is 8.45. The monoisotopic (exact) mass is 606 g/mol. The third kappa shape index (κ3) is 7.43. The van der Waals surface area contributed by atoms with Gasteiger partial charge in [0.2, 0.25) is 5.91 Å². The van der Waals surface area contributed by atoms with Crippen molar-refractivity contribution in [3.05, 3.63) is 63.3 Å². The van der Waals surface area contributed by atoms with Crippen molar-refractivity contribution < 1.29 is 28.6 Å². The quantitative estimate of drug-likeness (QED) is 0.141. The number of allylic oxidation sites excluding steroid dienone is 1. The van der Waals surface area contributed by atoms with E-state index in [1.807, 2.05) is 24.5 Å². The lowest BCUT2D eigenvalue weighted by atomic mass is 10.1. The van der Waals surface area contributed by atoms with E-state index >= 15 is 0 Å². The summed E-state index contributed by atoms with van der Waals surface area (Å²) in [7, 11) is 0. The fraction of sp³-hybridized carbons (Fsp3) is 0.370. The number of hydrogen-bond acceptors (Lipinski definition) is 10. The molecule has 0 saturated heterocycles. The lowest BCUT2D eigenvalue weighted by Gasteiger charge is -2.16. The fourth-order valence-electron chi connectivity index (χ4n) is 3.69. The molecule has 13 heteroatoms. The second-order valence-corrected chi connectivity index (χ2v) is 10.8. The highest BCUT2D eigenvalue weighted by Gasteiger charge is 2.27. The number of halogens is 1. The van der Waals surface area contributed by atoms with Crippen LogP contribution in [-0.4, -0.2) is 51.6 Å². The molecule has 0 radical (unpaired) electrons. The third-order valence-corrected chi connectivity index (χ3v) is 8.11. The normalized spacial score (nSPS) is 11.6. The number of nitrogens with zero attached hydrogens (tertiary/aromatic N) is 3.